The van der Waals surface area contributed by atoms with E-state index in [-0.39, 0.29) is 5.75 Å². The van der Waals surface area contributed by atoms with E-state index in [1.807, 2.05) is 6.92 Å². The van der Waals surface area contributed by atoms with E-state index in [4.69, 9.17) is 0 Å². The molecule has 0 spiro atoms. The Hall–Kier alpha value is -1.31. The molecule has 7 nitrogen and oxygen atoms in total. The first-order valence-electron chi connectivity index (χ1n) is 5.26. The fourth-order valence-corrected chi connectivity index (χ4v) is 2.01. The summed E-state index contributed by atoms with van der Waals surface area (Å²) in [6.45, 7) is 3.17. The zero-order valence-electron chi connectivity index (χ0n) is 10.1. The van der Waals surface area contributed by atoms with Crippen LogP contribution in [-0.2, 0) is 19.1 Å². The van der Waals surface area contributed by atoms with E-state index in [1.165, 1.54) is 14.0 Å². The molecule has 0 radical (unpaired) electrons. The van der Waals surface area contributed by atoms with Gasteiger partial charge in [-0.25, -0.2) is 9.59 Å². The highest BCUT2D eigenvalue weighted by molar-refractivity contribution is 7.87. The number of carbonyl (C=O) groups is 2. The highest BCUT2D eigenvalue weighted by Gasteiger charge is 2.22. The van der Waals surface area contributed by atoms with Crippen LogP contribution in [0.4, 0.5) is 4.79 Å². The van der Waals surface area contributed by atoms with Gasteiger partial charge in [-0.15, -0.1) is 0 Å². The van der Waals surface area contributed by atoms with Gasteiger partial charge in [0.25, 0.3) is 0 Å². The van der Waals surface area contributed by atoms with Crippen LogP contribution in [0.25, 0.3) is 0 Å². The van der Waals surface area contributed by atoms with Crippen LogP contribution in [0.5, 0.6) is 0 Å². The minimum absolute atomic E-state index is 0.206. The van der Waals surface area contributed by atoms with E-state index in [0.717, 1.165) is 0 Å². The van der Waals surface area contributed by atoms with Gasteiger partial charge < -0.3 is 14.8 Å². The molecule has 0 saturated carbocycles. The summed E-state index contributed by atoms with van der Waals surface area (Å²) in [5.74, 6) is -1.20. The molecule has 8 heteroatoms. The lowest BCUT2D eigenvalue weighted by atomic mass is 10.3. The summed E-state index contributed by atoms with van der Waals surface area (Å²) in [5, 5.41) is 4.46. The summed E-state index contributed by atoms with van der Waals surface area (Å²) in [6, 6.07) is -1.60. The molecule has 0 rings (SSSR count). The minimum Gasteiger partial charge on any atom is -0.344 e. The molecule has 0 fully saturated rings. The van der Waals surface area contributed by atoms with Crippen molar-refractivity contribution in [2.75, 3.05) is 12.8 Å². The molecule has 0 unspecified atom stereocenters. The molecule has 0 aromatic heterocycles. The third kappa shape index (κ3) is 6.77. The minimum atomic E-state index is -3.85. The first kappa shape index (κ1) is 15.7. The number of nitrogens with one attached hydrogen (secondary N) is 2. The van der Waals surface area contributed by atoms with Crippen molar-refractivity contribution >= 4 is 22.1 Å². The smallest absolute Gasteiger partial charge is 0.344 e. The Labute approximate surface area is 101 Å². The van der Waals surface area contributed by atoms with Gasteiger partial charge in [-0.3, -0.25) is 0 Å². The predicted octanol–water partition coefficient (Wildman–Crippen LogP) is -0.0230. The van der Waals surface area contributed by atoms with Crippen LogP contribution in [0, 0.1) is 0 Å². The van der Waals surface area contributed by atoms with Crippen LogP contribution in [0.3, 0.4) is 0 Å². The molecule has 0 aliphatic heterocycles. The molecule has 0 aromatic carbocycles. The molecular weight excluding hydrogens is 248 g/mol. The summed E-state index contributed by atoms with van der Waals surface area (Å²) in [7, 11) is -2.47. The third-order valence-electron chi connectivity index (χ3n) is 1.89. The van der Waals surface area contributed by atoms with Crippen LogP contribution in [0.2, 0.25) is 0 Å². The fourth-order valence-electron chi connectivity index (χ4n) is 0.888. The number of unbranched alkanes of at least 4 members (excludes halogenated alkanes) is 1. The van der Waals surface area contributed by atoms with Crippen LogP contribution < -0.4 is 10.6 Å². The summed E-state index contributed by atoms with van der Waals surface area (Å²) >= 11 is 0. The number of carbonyl (C=O) groups excluding carboxylic acids is 2. The first-order valence-corrected chi connectivity index (χ1v) is 6.84. The van der Waals surface area contributed by atoms with Gasteiger partial charge in [0, 0.05) is 7.05 Å². The summed E-state index contributed by atoms with van der Waals surface area (Å²) in [4.78, 5) is 22.2. The SMILES string of the molecule is CCCCS(=O)(=O)OC(=O)[C@@H](C)NC(=O)NC. The van der Waals surface area contributed by atoms with E-state index in [1.54, 1.807) is 0 Å². The van der Waals surface area contributed by atoms with Crippen molar-refractivity contribution in [2.24, 2.45) is 0 Å². The van der Waals surface area contributed by atoms with Gasteiger partial charge in [0.2, 0.25) is 0 Å². The molecule has 0 aromatic rings. The fraction of sp³-hybridized carbons (Fsp3) is 0.778. The molecular formula is C9H18N2O5S. The van der Waals surface area contributed by atoms with Gasteiger partial charge in [-0.05, 0) is 13.3 Å². The average molecular weight is 266 g/mol. The Morgan fingerprint density at radius 1 is 1.35 bits per heavy atom. The summed E-state index contributed by atoms with van der Waals surface area (Å²) in [5.41, 5.74) is 0. The highest BCUT2D eigenvalue weighted by Crippen LogP contribution is 2.01. The largest absolute Gasteiger partial charge is 0.344 e. The topological polar surface area (TPSA) is 102 Å². The van der Waals surface area contributed by atoms with Crippen LogP contribution in [0.15, 0.2) is 0 Å². The number of amides is 2. The van der Waals surface area contributed by atoms with E-state index < -0.39 is 28.2 Å². The van der Waals surface area contributed by atoms with Crippen molar-refractivity contribution in [3.05, 3.63) is 0 Å². The lowest BCUT2D eigenvalue weighted by Gasteiger charge is -2.12. The van der Waals surface area contributed by atoms with E-state index in [2.05, 4.69) is 14.8 Å². The normalized spacial score (nSPS) is 12.6. The quantitative estimate of drug-likeness (QED) is 0.658. The number of hydrogen-bond acceptors (Lipinski definition) is 5. The lowest BCUT2D eigenvalue weighted by molar-refractivity contribution is -0.135. The Balaban J connectivity index is 4.29. The van der Waals surface area contributed by atoms with Crippen molar-refractivity contribution in [3.63, 3.8) is 0 Å². The molecule has 2 N–H and O–H groups in total. The molecule has 0 aliphatic rings. The van der Waals surface area contributed by atoms with Crippen LogP contribution in [-0.4, -0.2) is 39.3 Å². The monoisotopic (exact) mass is 266 g/mol. The lowest BCUT2D eigenvalue weighted by Crippen LogP contribution is -2.44. The average Bonchev–Trinajstić information content (AvgIpc) is 2.25. The van der Waals surface area contributed by atoms with E-state index in [9.17, 15) is 18.0 Å². The number of hydrogen-bond donors (Lipinski definition) is 2. The van der Waals surface area contributed by atoms with Crippen molar-refractivity contribution in [3.8, 4) is 0 Å². The number of urea groups is 1. The molecule has 2 amide bonds. The second-order valence-corrected chi connectivity index (χ2v) is 5.15. The molecule has 0 aliphatic carbocycles. The van der Waals surface area contributed by atoms with Gasteiger partial charge in [0.1, 0.15) is 6.04 Å². The van der Waals surface area contributed by atoms with Crippen LogP contribution >= 0.6 is 0 Å². The maximum absolute atomic E-state index is 11.3. The predicted molar refractivity (Wildman–Crippen MR) is 61.8 cm³/mol. The van der Waals surface area contributed by atoms with Crippen molar-refractivity contribution in [1.82, 2.24) is 10.6 Å². The van der Waals surface area contributed by atoms with Crippen molar-refractivity contribution < 1.29 is 22.2 Å². The molecule has 100 valence electrons. The first-order chi connectivity index (χ1) is 7.82. The van der Waals surface area contributed by atoms with Gasteiger partial charge in [0.05, 0.1) is 5.75 Å². The Morgan fingerprint density at radius 2 is 1.94 bits per heavy atom. The third-order valence-corrected chi connectivity index (χ3v) is 3.09. The maximum atomic E-state index is 11.3. The van der Waals surface area contributed by atoms with Crippen molar-refractivity contribution in [1.29, 1.82) is 0 Å². The summed E-state index contributed by atoms with van der Waals surface area (Å²) < 4.78 is 26.9. The summed E-state index contributed by atoms with van der Waals surface area (Å²) in [6.07, 6.45) is 1.11. The highest BCUT2D eigenvalue weighted by atomic mass is 32.2. The standard InChI is InChI=1S/C9H18N2O5S/c1-4-5-6-17(14,15)16-8(12)7(2)11-9(13)10-3/h7H,4-6H2,1-3H3,(H2,10,11,13)/t7-/m1/s1. The zero-order valence-corrected chi connectivity index (χ0v) is 11.0. The second-order valence-electron chi connectivity index (χ2n) is 3.46. The maximum Gasteiger partial charge on any atom is 0.344 e. The zero-order chi connectivity index (χ0) is 13.5. The molecule has 0 bridgehead atoms. The van der Waals surface area contributed by atoms with Gasteiger partial charge in [0.15, 0.2) is 0 Å². The molecule has 0 heterocycles. The van der Waals surface area contributed by atoms with E-state index >= 15 is 0 Å². The van der Waals surface area contributed by atoms with Crippen LogP contribution in [0.1, 0.15) is 26.7 Å². The second kappa shape index (κ2) is 7.10. The van der Waals surface area contributed by atoms with Crippen molar-refractivity contribution in [2.45, 2.75) is 32.7 Å². The molecule has 17 heavy (non-hydrogen) atoms. The Bertz CT molecular complexity index is 366. The Kier molecular flexibility index (Phi) is 6.55. The van der Waals surface area contributed by atoms with Gasteiger partial charge in [-0.1, -0.05) is 13.3 Å². The van der Waals surface area contributed by atoms with Gasteiger partial charge >= 0.3 is 22.1 Å². The van der Waals surface area contributed by atoms with E-state index in [0.29, 0.717) is 12.8 Å². The Morgan fingerprint density at radius 3 is 2.41 bits per heavy atom. The number of rotatable bonds is 6. The molecule has 0 saturated heterocycles. The molecule has 1 atom stereocenters. The van der Waals surface area contributed by atoms with Gasteiger partial charge in [-0.2, -0.15) is 8.42 Å².